The first-order valence-corrected chi connectivity index (χ1v) is 14.8. The van der Waals surface area contributed by atoms with Crippen molar-refractivity contribution in [3.05, 3.63) is 105 Å². The van der Waals surface area contributed by atoms with Crippen molar-refractivity contribution < 1.29 is 41.4 Å². The lowest BCUT2D eigenvalue weighted by molar-refractivity contribution is -0.158. The summed E-state index contributed by atoms with van der Waals surface area (Å²) in [5, 5.41) is 3.51. The summed E-state index contributed by atoms with van der Waals surface area (Å²) >= 11 is 6.06. The van der Waals surface area contributed by atoms with Gasteiger partial charge in [0.2, 0.25) is 17.5 Å². The Hall–Kier alpha value is -4.78. The van der Waals surface area contributed by atoms with E-state index < -0.39 is 82.9 Å². The van der Waals surface area contributed by atoms with Gasteiger partial charge in [0.1, 0.15) is 24.3 Å². The summed E-state index contributed by atoms with van der Waals surface area (Å²) in [6.07, 6.45) is 4.11. The van der Waals surface area contributed by atoms with Gasteiger partial charge in [-0.15, -0.1) is 0 Å². The number of carbonyl (C=O) groups is 3. The summed E-state index contributed by atoms with van der Waals surface area (Å²) in [4.78, 5) is 57.3. The Morgan fingerprint density at radius 1 is 1.04 bits per heavy atom. The maximum atomic E-state index is 14.2. The standard InChI is InChI=1S/C33H30ClF4N3O6/c1-4-25(41-11-9-19-7-8-20(34)12-21(19)32(41)45)31(44)40-24(14-27(43)47-33(2,3)15-18-6-5-10-39-16-18)26(42)17-46-30-28(37)22(35)13-23(36)29(30)38/h5-13,16,24-25H,4,14-15,17H2,1-3H3,(H,40,44)/t24?,25-/m0/s1. The van der Waals surface area contributed by atoms with Gasteiger partial charge in [-0.25, -0.2) is 8.78 Å². The molecule has 2 heterocycles. The SMILES string of the molecule is CC[C@@H](C(=O)NC(CC(=O)OC(C)(C)Cc1cccnc1)C(=O)COc1c(F)c(F)cc(F)c1F)n1ccc2ccc(Cl)cc2c1=O. The van der Waals surface area contributed by atoms with E-state index in [1.54, 1.807) is 63.5 Å². The Labute approximate surface area is 271 Å². The van der Waals surface area contributed by atoms with E-state index in [4.69, 9.17) is 21.1 Å². The third kappa shape index (κ3) is 8.53. The molecule has 0 radical (unpaired) electrons. The number of rotatable bonds is 13. The predicted octanol–water partition coefficient (Wildman–Crippen LogP) is 5.64. The van der Waals surface area contributed by atoms with Gasteiger partial charge in [-0.05, 0) is 55.5 Å². The molecule has 14 heteroatoms. The smallest absolute Gasteiger partial charge is 0.308 e. The number of halogens is 5. The van der Waals surface area contributed by atoms with Crippen LogP contribution in [0.15, 0.2) is 65.8 Å². The number of ether oxygens (including phenoxy) is 2. The van der Waals surface area contributed by atoms with Crippen LogP contribution in [-0.4, -0.2) is 45.5 Å². The molecular formula is C33H30ClF4N3O6. The first kappa shape index (κ1) is 35.1. The molecule has 0 aliphatic carbocycles. The first-order chi connectivity index (χ1) is 22.2. The molecule has 1 unspecified atom stereocenters. The van der Waals surface area contributed by atoms with Crippen molar-refractivity contribution in [2.75, 3.05) is 6.61 Å². The molecule has 0 fully saturated rings. The number of carbonyl (C=O) groups excluding carboxylic acids is 3. The topological polar surface area (TPSA) is 117 Å². The van der Waals surface area contributed by atoms with Gasteiger partial charge in [0.05, 0.1) is 6.42 Å². The predicted molar refractivity (Wildman–Crippen MR) is 164 cm³/mol. The Balaban J connectivity index is 1.59. The molecule has 47 heavy (non-hydrogen) atoms. The number of aromatic nitrogens is 2. The fourth-order valence-electron chi connectivity index (χ4n) is 4.96. The number of nitrogens with one attached hydrogen (secondary N) is 1. The van der Waals surface area contributed by atoms with Crippen molar-refractivity contribution in [1.29, 1.82) is 0 Å². The minimum Gasteiger partial charge on any atom is -0.479 e. The van der Waals surface area contributed by atoms with Crippen LogP contribution in [0.1, 0.15) is 45.2 Å². The fourth-order valence-corrected chi connectivity index (χ4v) is 5.13. The molecule has 9 nitrogen and oxygen atoms in total. The molecule has 0 spiro atoms. The number of hydrogen-bond acceptors (Lipinski definition) is 7. The molecule has 4 aromatic rings. The molecule has 4 rings (SSSR count). The summed E-state index contributed by atoms with van der Waals surface area (Å²) in [5.41, 5.74) is -0.890. The number of hydrogen-bond donors (Lipinski definition) is 1. The zero-order valence-electron chi connectivity index (χ0n) is 25.5. The van der Waals surface area contributed by atoms with Crippen molar-refractivity contribution >= 4 is 40.0 Å². The van der Waals surface area contributed by atoms with E-state index in [1.165, 1.54) is 12.3 Å². The molecule has 2 atom stereocenters. The second-order valence-corrected chi connectivity index (χ2v) is 11.7. The van der Waals surface area contributed by atoms with Crippen LogP contribution in [0.3, 0.4) is 0 Å². The molecular weight excluding hydrogens is 646 g/mol. The van der Waals surface area contributed by atoms with E-state index in [9.17, 15) is 36.7 Å². The maximum Gasteiger partial charge on any atom is 0.308 e. The number of fused-ring (bicyclic) bond motifs is 1. The summed E-state index contributed by atoms with van der Waals surface area (Å²) < 4.78 is 67.3. The van der Waals surface area contributed by atoms with E-state index >= 15 is 0 Å². The zero-order chi connectivity index (χ0) is 34.5. The van der Waals surface area contributed by atoms with E-state index in [1.807, 2.05) is 0 Å². The Morgan fingerprint density at radius 3 is 2.38 bits per heavy atom. The highest BCUT2D eigenvalue weighted by molar-refractivity contribution is 6.31. The number of amides is 1. The highest BCUT2D eigenvalue weighted by Crippen LogP contribution is 2.27. The second-order valence-electron chi connectivity index (χ2n) is 11.3. The van der Waals surface area contributed by atoms with Gasteiger partial charge in [0.15, 0.2) is 23.2 Å². The summed E-state index contributed by atoms with van der Waals surface area (Å²) in [5.74, 6) is -11.6. The average molecular weight is 676 g/mol. The number of benzene rings is 2. The maximum absolute atomic E-state index is 14.2. The fraction of sp³-hybridized carbons (Fsp3) is 0.303. The number of Topliss-reactive ketones (excluding diaryl/α,β-unsaturated/α-hetero) is 1. The largest absolute Gasteiger partial charge is 0.479 e. The van der Waals surface area contributed by atoms with Crippen LogP contribution >= 0.6 is 11.6 Å². The Bertz CT molecular complexity index is 1840. The molecule has 2 aromatic carbocycles. The van der Waals surface area contributed by atoms with Gasteiger partial charge >= 0.3 is 5.97 Å². The van der Waals surface area contributed by atoms with Gasteiger partial charge in [0, 0.05) is 41.5 Å². The monoisotopic (exact) mass is 675 g/mol. The van der Waals surface area contributed by atoms with Gasteiger partial charge in [-0.3, -0.25) is 24.2 Å². The third-order valence-corrected chi connectivity index (χ3v) is 7.40. The lowest BCUT2D eigenvalue weighted by Gasteiger charge is -2.27. The van der Waals surface area contributed by atoms with Crippen molar-refractivity contribution in [1.82, 2.24) is 14.9 Å². The third-order valence-electron chi connectivity index (χ3n) is 7.17. The molecule has 1 N–H and O–H groups in total. The van der Waals surface area contributed by atoms with Gasteiger partial charge in [-0.2, -0.15) is 8.78 Å². The molecule has 2 aromatic heterocycles. The molecule has 0 bridgehead atoms. The quantitative estimate of drug-likeness (QED) is 0.111. The average Bonchev–Trinajstić information content (AvgIpc) is 3.01. The summed E-state index contributed by atoms with van der Waals surface area (Å²) in [6, 6.07) is 6.85. The van der Waals surface area contributed by atoms with Gasteiger partial charge in [-0.1, -0.05) is 30.7 Å². The van der Waals surface area contributed by atoms with E-state index in [0.717, 1.165) is 10.1 Å². The lowest BCUT2D eigenvalue weighted by Crippen LogP contribution is -2.48. The molecule has 248 valence electrons. The Kier molecular flexibility index (Phi) is 11.0. The van der Waals surface area contributed by atoms with Gasteiger partial charge < -0.3 is 19.4 Å². The van der Waals surface area contributed by atoms with Crippen molar-refractivity contribution in [3.8, 4) is 5.75 Å². The summed E-state index contributed by atoms with van der Waals surface area (Å²) in [7, 11) is 0. The highest BCUT2D eigenvalue weighted by atomic mass is 35.5. The minimum absolute atomic E-state index is 0.0286. The van der Waals surface area contributed by atoms with Crippen LogP contribution in [-0.2, 0) is 25.5 Å². The van der Waals surface area contributed by atoms with Crippen molar-refractivity contribution in [2.24, 2.45) is 0 Å². The summed E-state index contributed by atoms with van der Waals surface area (Å²) in [6.45, 7) is 3.65. The van der Waals surface area contributed by atoms with Crippen LogP contribution in [0, 0.1) is 23.3 Å². The van der Waals surface area contributed by atoms with Crippen LogP contribution < -0.4 is 15.6 Å². The number of ketones is 1. The number of pyridine rings is 2. The van der Waals surface area contributed by atoms with Crippen LogP contribution in [0.25, 0.3) is 10.8 Å². The van der Waals surface area contributed by atoms with E-state index in [-0.39, 0.29) is 24.3 Å². The zero-order valence-corrected chi connectivity index (χ0v) is 26.2. The van der Waals surface area contributed by atoms with Crippen molar-refractivity contribution in [2.45, 2.75) is 57.7 Å². The van der Waals surface area contributed by atoms with Crippen LogP contribution in [0.5, 0.6) is 5.75 Å². The lowest BCUT2D eigenvalue weighted by atomic mass is 9.99. The van der Waals surface area contributed by atoms with Crippen molar-refractivity contribution in [3.63, 3.8) is 0 Å². The second kappa shape index (κ2) is 14.8. The molecule has 0 aliphatic rings. The Morgan fingerprint density at radius 2 is 1.74 bits per heavy atom. The number of nitrogens with zero attached hydrogens (tertiary/aromatic N) is 2. The highest BCUT2D eigenvalue weighted by Gasteiger charge is 2.32. The minimum atomic E-state index is -1.88. The first-order valence-electron chi connectivity index (χ1n) is 14.4. The van der Waals surface area contributed by atoms with E-state index in [2.05, 4.69) is 10.3 Å². The molecule has 0 aliphatic heterocycles. The van der Waals surface area contributed by atoms with Crippen LogP contribution in [0.2, 0.25) is 5.02 Å². The molecule has 0 saturated heterocycles. The van der Waals surface area contributed by atoms with E-state index in [0.29, 0.717) is 10.4 Å². The molecule has 0 saturated carbocycles. The van der Waals surface area contributed by atoms with Gasteiger partial charge in [0.25, 0.3) is 5.56 Å². The van der Waals surface area contributed by atoms with Crippen LogP contribution in [0.4, 0.5) is 17.6 Å². The number of esters is 1. The normalized spacial score (nSPS) is 12.8. The molecule has 1 amide bonds.